The maximum Gasteiger partial charge on any atom is 0.333 e. The Kier molecular flexibility index (Phi) is 6.35. The molecule has 0 amide bonds. The predicted octanol–water partition coefficient (Wildman–Crippen LogP) is 3.79. The average molecular weight is 304 g/mol. The quantitative estimate of drug-likeness (QED) is 0.437. The maximum atomic E-state index is 11.7. The number of hydrogen-bond donors (Lipinski definition) is 0. The van der Waals surface area contributed by atoms with E-state index in [4.69, 9.17) is 9.47 Å². The van der Waals surface area contributed by atoms with E-state index in [1.54, 1.807) is 19.1 Å². The standard InChI is InChI=1S/C18H24O4/c1-6-18(4,5)14-7-9-15(10-8-14)22-16(19)11-12-21-17(20)13(2)3/h7-10H,2,6,11-12H2,1,3-5H3. The molecule has 4 heteroatoms. The third kappa shape index (κ3) is 5.35. The molecule has 120 valence electrons. The molecule has 1 aromatic rings. The monoisotopic (exact) mass is 304 g/mol. The normalized spacial score (nSPS) is 10.9. The lowest BCUT2D eigenvalue weighted by Crippen LogP contribution is -2.16. The van der Waals surface area contributed by atoms with Crippen LogP contribution in [0.25, 0.3) is 0 Å². The predicted molar refractivity (Wildman–Crippen MR) is 85.8 cm³/mol. The molecule has 4 nitrogen and oxygen atoms in total. The number of hydrogen-bond acceptors (Lipinski definition) is 4. The first kappa shape index (κ1) is 18.0. The Morgan fingerprint density at radius 2 is 1.77 bits per heavy atom. The zero-order valence-electron chi connectivity index (χ0n) is 13.8. The van der Waals surface area contributed by atoms with Gasteiger partial charge in [0.1, 0.15) is 12.4 Å². The largest absolute Gasteiger partial charge is 0.462 e. The summed E-state index contributed by atoms with van der Waals surface area (Å²) < 4.78 is 10.1. The summed E-state index contributed by atoms with van der Waals surface area (Å²) in [5.41, 5.74) is 1.60. The second-order valence-corrected chi connectivity index (χ2v) is 5.90. The van der Waals surface area contributed by atoms with Gasteiger partial charge in [0.2, 0.25) is 0 Å². The fourth-order valence-corrected chi connectivity index (χ4v) is 1.71. The highest BCUT2D eigenvalue weighted by Crippen LogP contribution is 2.28. The van der Waals surface area contributed by atoms with Crippen LogP contribution in [0.4, 0.5) is 0 Å². The lowest BCUT2D eigenvalue weighted by atomic mass is 9.82. The van der Waals surface area contributed by atoms with Crippen molar-refractivity contribution < 1.29 is 19.1 Å². The van der Waals surface area contributed by atoms with Crippen molar-refractivity contribution >= 4 is 11.9 Å². The zero-order valence-corrected chi connectivity index (χ0v) is 13.8. The van der Waals surface area contributed by atoms with Gasteiger partial charge in [-0.1, -0.05) is 39.5 Å². The van der Waals surface area contributed by atoms with Gasteiger partial charge < -0.3 is 9.47 Å². The maximum absolute atomic E-state index is 11.7. The minimum Gasteiger partial charge on any atom is -0.462 e. The first-order chi connectivity index (χ1) is 10.3. The van der Waals surface area contributed by atoms with Gasteiger partial charge in [-0.05, 0) is 36.5 Å². The van der Waals surface area contributed by atoms with Crippen molar-refractivity contribution in [3.63, 3.8) is 0 Å². The van der Waals surface area contributed by atoms with E-state index in [-0.39, 0.29) is 18.4 Å². The topological polar surface area (TPSA) is 52.6 Å². The van der Waals surface area contributed by atoms with E-state index < -0.39 is 11.9 Å². The highest BCUT2D eigenvalue weighted by atomic mass is 16.5. The Morgan fingerprint density at radius 3 is 2.27 bits per heavy atom. The van der Waals surface area contributed by atoms with Crippen molar-refractivity contribution in [1.29, 1.82) is 0 Å². The van der Waals surface area contributed by atoms with Crippen molar-refractivity contribution in [2.24, 2.45) is 0 Å². The van der Waals surface area contributed by atoms with Crippen molar-refractivity contribution in [2.45, 2.75) is 46.0 Å². The summed E-state index contributed by atoms with van der Waals surface area (Å²) in [7, 11) is 0. The van der Waals surface area contributed by atoms with E-state index in [2.05, 4.69) is 27.4 Å². The van der Waals surface area contributed by atoms with E-state index in [1.807, 2.05) is 12.1 Å². The molecule has 0 bridgehead atoms. The molecule has 0 unspecified atom stereocenters. The van der Waals surface area contributed by atoms with Gasteiger partial charge in [-0.3, -0.25) is 4.79 Å². The van der Waals surface area contributed by atoms with Crippen LogP contribution in [0.15, 0.2) is 36.4 Å². The van der Waals surface area contributed by atoms with E-state index in [9.17, 15) is 9.59 Å². The highest BCUT2D eigenvalue weighted by molar-refractivity contribution is 5.87. The number of carbonyl (C=O) groups is 2. The molecule has 1 aromatic carbocycles. The zero-order chi connectivity index (χ0) is 16.8. The summed E-state index contributed by atoms with van der Waals surface area (Å²) in [5, 5.41) is 0. The third-order valence-electron chi connectivity index (χ3n) is 3.64. The molecule has 1 rings (SSSR count). The molecular formula is C18H24O4. The molecule has 22 heavy (non-hydrogen) atoms. The van der Waals surface area contributed by atoms with Gasteiger partial charge in [0.15, 0.2) is 0 Å². The molecule has 0 N–H and O–H groups in total. The van der Waals surface area contributed by atoms with Gasteiger partial charge in [0.25, 0.3) is 0 Å². The second-order valence-electron chi connectivity index (χ2n) is 5.90. The number of ether oxygens (including phenoxy) is 2. The van der Waals surface area contributed by atoms with Crippen molar-refractivity contribution in [2.75, 3.05) is 6.61 Å². The molecule has 0 aromatic heterocycles. The van der Waals surface area contributed by atoms with Gasteiger partial charge >= 0.3 is 11.9 Å². The second kappa shape index (κ2) is 7.78. The number of esters is 2. The number of rotatable bonds is 7. The lowest BCUT2D eigenvalue weighted by Gasteiger charge is -2.23. The highest BCUT2D eigenvalue weighted by Gasteiger charge is 2.17. The van der Waals surface area contributed by atoms with Crippen LogP contribution in [0, 0.1) is 0 Å². The average Bonchev–Trinajstić information content (AvgIpc) is 2.47. The van der Waals surface area contributed by atoms with Crippen LogP contribution in [0.1, 0.15) is 46.1 Å². The minimum absolute atomic E-state index is 0.00846. The first-order valence-corrected chi connectivity index (χ1v) is 7.40. The smallest absolute Gasteiger partial charge is 0.333 e. The number of benzene rings is 1. The Bertz CT molecular complexity index is 541. The molecule has 0 radical (unpaired) electrons. The SMILES string of the molecule is C=C(C)C(=O)OCCC(=O)Oc1ccc(C(C)(C)CC)cc1. The minimum atomic E-state index is -0.501. The summed E-state index contributed by atoms with van der Waals surface area (Å²) >= 11 is 0. The fraction of sp³-hybridized carbons (Fsp3) is 0.444. The summed E-state index contributed by atoms with van der Waals surface area (Å²) in [6.45, 7) is 11.5. The molecule has 0 spiro atoms. The Balaban J connectivity index is 2.48. The molecule has 0 aliphatic rings. The Labute approximate surface area is 132 Å². The fourth-order valence-electron chi connectivity index (χ4n) is 1.71. The van der Waals surface area contributed by atoms with Crippen LogP contribution in [0.5, 0.6) is 5.75 Å². The van der Waals surface area contributed by atoms with Gasteiger partial charge in [0, 0.05) is 5.57 Å². The summed E-state index contributed by atoms with van der Waals surface area (Å²) in [6, 6.07) is 7.50. The first-order valence-electron chi connectivity index (χ1n) is 7.40. The van der Waals surface area contributed by atoms with Gasteiger partial charge in [0.05, 0.1) is 6.42 Å². The van der Waals surface area contributed by atoms with Crippen LogP contribution in [-0.2, 0) is 19.7 Å². The van der Waals surface area contributed by atoms with E-state index in [0.29, 0.717) is 11.3 Å². The van der Waals surface area contributed by atoms with Gasteiger partial charge in [-0.2, -0.15) is 0 Å². The molecule has 0 saturated heterocycles. The molecule has 0 atom stereocenters. The van der Waals surface area contributed by atoms with Gasteiger partial charge in [-0.15, -0.1) is 0 Å². The van der Waals surface area contributed by atoms with E-state index in [1.165, 1.54) is 5.56 Å². The van der Waals surface area contributed by atoms with Crippen LogP contribution >= 0.6 is 0 Å². The molecule has 0 fully saturated rings. The van der Waals surface area contributed by atoms with Crippen molar-refractivity contribution in [3.8, 4) is 5.75 Å². The van der Waals surface area contributed by atoms with Crippen molar-refractivity contribution in [1.82, 2.24) is 0 Å². The lowest BCUT2D eigenvalue weighted by molar-refractivity contribution is -0.142. The van der Waals surface area contributed by atoms with Crippen LogP contribution in [0.2, 0.25) is 0 Å². The van der Waals surface area contributed by atoms with Crippen LogP contribution < -0.4 is 4.74 Å². The van der Waals surface area contributed by atoms with E-state index in [0.717, 1.165) is 6.42 Å². The Hall–Kier alpha value is -2.10. The molecule has 0 heterocycles. The number of carbonyl (C=O) groups excluding carboxylic acids is 2. The molecular weight excluding hydrogens is 280 g/mol. The van der Waals surface area contributed by atoms with Crippen LogP contribution in [0.3, 0.4) is 0 Å². The molecule has 0 saturated carbocycles. The van der Waals surface area contributed by atoms with Crippen molar-refractivity contribution in [3.05, 3.63) is 42.0 Å². The summed E-state index contributed by atoms with van der Waals surface area (Å²) in [5.74, 6) is -0.442. The van der Waals surface area contributed by atoms with E-state index >= 15 is 0 Å². The summed E-state index contributed by atoms with van der Waals surface area (Å²) in [6.07, 6.45) is 1.04. The molecule has 0 aliphatic heterocycles. The van der Waals surface area contributed by atoms with Crippen LogP contribution in [-0.4, -0.2) is 18.5 Å². The third-order valence-corrected chi connectivity index (χ3v) is 3.64. The molecule has 0 aliphatic carbocycles. The summed E-state index contributed by atoms with van der Waals surface area (Å²) in [4.78, 5) is 22.8. The Morgan fingerprint density at radius 1 is 1.18 bits per heavy atom. The van der Waals surface area contributed by atoms with Gasteiger partial charge in [-0.25, -0.2) is 4.79 Å².